The van der Waals surface area contributed by atoms with Gasteiger partial charge in [0.15, 0.2) is 0 Å². The molecule has 1 aromatic heterocycles. The predicted molar refractivity (Wildman–Crippen MR) is 125 cm³/mol. The van der Waals surface area contributed by atoms with Crippen LogP contribution >= 0.6 is 0 Å². The Kier molecular flexibility index (Phi) is 5.90. The number of amides is 4. The van der Waals surface area contributed by atoms with Gasteiger partial charge in [0.2, 0.25) is 11.8 Å². The maximum absolute atomic E-state index is 12.8. The molecule has 11 heteroatoms. The summed E-state index contributed by atoms with van der Waals surface area (Å²) in [5, 5.41) is 5.65. The molecule has 4 amide bonds. The highest BCUT2D eigenvalue weighted by Crippen LogP contribution is 2.32. The molecule has 11 nitrogen and oxygen atoms in total. The standard InChI is InChI=1S/C24H32N6O5/c1-24(2,3)35-23(34)29-13-15-9-16(29)12-28(15)7-6-25-19-8-14-11-30(22(33)17(14)10-26-19)18-4-5-20(31)27-21(18)32/h8,10,15-16,18H,4-7,9,11-13H2,1-3H3,(H,25,26)(H,27,31,32)/t15-,16-,18?/m1/s1. The highest BCUT2D eigenvalue weighted by Gasteiger charge is 2.46. The van der Waals surface area contributed by atoms with E-state index in [0.717, 1.165) is 25.1 Å². The summed E-state index contributed by atoms with van der Waals surface area (Å²) in [5.74, 6) is -0.260. The Morgan fingerprint density at radius 1 is 1.23 bits per heavy atom. The van der Waals surface area contributed by atoms with E-state index in [1.807, 2.05) is 31.7 Å². The average molecular weight is 485 g/mol. The lowest BCUT2D eigenvalue weighted by Crippen LogP contribution is -2.52. The number of pyridine rings is 1. The SMILES string of the molecule is CC(C)(C)OC(=O)N1C[C@H]2C[C@@H]1CN2CCNc1cc2c(cn1)C(=O)N(C1CCC(=O)NC1=O)C2. The molecule has 3 saturated heterocycles. The van der Waals surface area contributed by atoms with E-state index in [1.165, 1.54) is 4.90 Å². The van der Waals surface area contributed by atoms with Crippen molar-refractivity contribution in [3.8, 4) is 0 Å². The van der Waals surface area contributed by atoms with Crippen molar-refractivity contribution >= 4 is 29.6 Å². The summed E-state index contributed by atoms with van der Waals surface area (Å²) in [4.78, 5) is 59.0. The molecule has 2 N–H and O–H groups in total. The van der Waals surface area contributed by atoms with E-state index in [1.54, 1.807) is 6.20 Å². The third-order valence-electron chi connectivity index (χ3n) is 7.10. The lowest BCUT2D eigenvalue weighted by molar-refractivity contribution is -0.136. The number of rotatable bonds is 5. The van der Waals surface area contributed by atoms with Crippen LogP contribution in [0.2, 0.25) is 0 Å². The van der Waals surface area contributed by atoms with Gasteiger partial charge < -0.3 is 19.9 Å². The number of hydrogen-bond acceptors (Lipinski definition) is 8. The fourth-order valence-electron chi connectivity index (χ4n) is 5.45. The molecule has 35 heavy (non-hydrogen) atoms. The number of piperazine rings is 1. The summed E-state index contributed by atoms with van der Waals surface area (Å²) in [6, 6.07) is 1.76. The first kappa shape index (κ1) is 23.5. The number of piperidine rings is 1. The minimum atomic E-state index is -0.630. The van der Waals surface area contributed by atoms with E-state index in [0.29, 0.717) is 43.5 Å². The molecule has 4 aliphatic heterocycles. The number of likely N-dealkylation sites (tertiary alicyclic amines) is 2. The lowest BCUT2D eigenvalue weighted by Gasteiger charge is -2.35. The fraction of sp³-hybridized carbons (Fsp3) is 0.625. The summed E-state index contributed by atoms with van der Waals surface area (Å²) < 4.78 is 5.53. The van der Waals surface area contributed by atoms with E-state index < -0.39 is 17.6 Å². The van der Waals surface area contributed by atoms with Crippen LogP contribution in [0.25, 0.3) is 0 Å². The van der Waals surface area contributed by atoms with Gasteiger partial charge in [0.05, 0.1) is 5.56 Å². The zero-order valence-corrected chi connectivity index (χ0v) is 20.4. The van der Waals surface area contributed by atoms with Crippen LogP contribution in [0.15, 0.2) is 12.3 Å². The molecule has 3 atom stereocenters. The van der Waals surface area contributed by atoms with Gasteiger partial charge in [0, 0.05) is 57.4 Å². The molecular weight excluding hydrogens is 452 g/mol. The zero-order valence-electron chi connectivity index (χ0n) is 20.4. The van der Waals surface area contributed by atoms with E-state index >= 15 is 0 Å². The second kappa shape index (κ2) is 8.78. The van der Waals surface area contributed by atoms with Crippen LogP contribution in [0, 0.1) is 0 Å². The second-order valence-corrected chi connectivity index (χ2v) is 10.7. The van der Waals surface area contributed by atoms with Gasteiger partial charge >= 0.3 is 6.09 Å². The number of aromatic nitrogens is 1. The lowest BCUT2D eigenvalue weighted by atomic mass is 10.0. The summed E-state index contributed by atoms with van der Waals surface area (Å²) in [7, 11) is 0. The van der Waals surface area contributed by atoms with Crippen molar-refractivity contribution in [2.45, 2.75) is 70.3 Å². The number of carbonyl (C=O) groups is 4. The van der Waals surface area contributed by atoms with Gasteiger partial charge in [-0.1, -0.05) is 0 Å². The predicted octanol–water partition coefficient (Wildman–Crippen LogP) is 0.948. The van der Waals surface area contributed by atoms with Gasteiger partial charge in [0.25, 0.3) is 5.91 Å². The van der Waals surface area contributed by atoms with Gasteiger partial charge in [-0.25, -0.2) is 9.78 Å². The number of anilines is 1. The van der Waals surface area contributed by atoms with Crippen LogP contribution in [0.3, 0.4) is 0 Å². The first-order valence-corrected chi connectivity index (χ1v) is 12.2. The van der Waals surface area contributed by atoms with Crippen molar-refractivity contribution < 1.29 is 23.9 Å². The van der Waals surface area contributed by atoms with Crippen molar-refractivity contribution in [2.75, 3.05) is 31.5 Å². The largest absolute Gasteiger partial charge is 0.444 e. The van der Waals surface area contributed by atoms with Gasteiger partial charge in [0.1, 0.15) is 17.5 Å². The smallest absolute Gasteiger partial charge is 0.410 e. The Balaban J connectivity index is 1.12. The van der Waals surface area contributed by atoms with Crippen LogP contribution in [-0.4, -0.2) is 93.4 Å². The molecule has 188 valence electrons. The van der Waals surface area contributed by atoms with Crippen LogP contribution in [0.1, 0.15) is 56.0 Å². The number of hydrogen-bond donors (Lipinski definition) is 2. The number of carbonyl (C=O) groups excluding carboxylic acids is 4. The third kappa shape index (κ3) is 4.69. The van der Waals surface area contributed by atoms with E-state index in [9.17, 15) is 19.2 Å². The molecule has 5 rings (SSSR count). The monoisotopic (exact) mass is 484 g/mol. The van der Waals surface area contributed by atoms with Gasteiger partial charge in [-0.05, 0) is 45.2 Å². The van der Waals surface area contributed by atoms with E-state index in [-0.39, 0.29) is 30.4 Å². The Hall–Kier alpha value is -3.21. The molecule has 0 radical (unpaired) electrons. The molecule has 5 heterocycles. The molecule has 1 aromatic rings. The molecule has 2 bridgehead atoms. The quantitative estimate of drug-likeness (QED) is 0.592. The molecule has 1 unspecified atom stereocenters. The first-order valence-electron chi connectivity index (χ1n) is 12.2. The summed E-state index contributed by atoms with van der Waals surface area (Å²) >= 11 is 0. The number of nitrogens with one attached hydrogen (secondary N) is 2. The van der Waals surface area contributed by atoms with Crippen LogP contribution in [0.4, 0.5) is 10.6 Å². The Labute approximate surface area is 204 Å². The Morgan fingerprint density at radius 2 is 2.03 bits per heavy atom. The summed E-state index contributed by atoms with van der Waals surface area (Å²) in [5.41, 5.74) is 0.833. The van der Waals surface area contributed by atoms with Gasteiger partial charge in [-0.15, -0.1) is 0 Å². The third-order valence-corrected chi connectivity index (χ3v) is 7.10. The first-order chi connectivity index (χ1) is 16.6. The van der Waals surface area contributed by atoms with Crippen molar-refractivity contribution in [1.82, 2.24) is 25.0 Å². The topological polar surface area (TPSA) is 124 Å². The van der Waals surface area contributed by atoms with Crippen LogP contribution in [-0.2, 0) is 20.9 Å². The zero-order chi connectivity index (χ0) is 24.9. The van der Waals surface area contributed by atoms with Crippen molar-refractivity contribution in [2.24, 2.45) is 0 Å². The normalized spacial score (nSPS) is 26.3. The van der Waals surface area contributed by atoms with Crippen LogP contribution in [0.5, 0.6) is 0 Å². The fourth-order valence-corrected chi connectivity index (χ4v) is 5.45. The minimum absolute atomic E-state index is 0.192. The number of ether oxygens (including phenoxy) is 1. The van der Waals surface area contributed by atoms with Gasteiger partial charge in [-0.2, -0.15) is 0 Å². The molecule has 3 fully saturated rings. The van der Waals surface area contributed by atoms with Crippen molar-refractivity contribution in [1.29, 1.82) is 0 Å². The molecule has 0 spiro atoms. The maximum Gasteiger partial charge on any atom is 0.410 e. The van der Waals surface area contributed by atoms with E-state index in [4.69, 9.17) is 4.74 Å². The second-order valence-electron chi connectivity index (χ2n) is 10.7. The van der Waals surface area contributed by atoms with E-state index in [2.05, 4.69) is 20.5 Å². The highest BCUT2D eigenvalue weighted by atomic mass is 16.6. The molecule has 0 aromatic carbocycles. The molecule has 0 aliphatic carbocycles. The number of nitrogens with zero attached hydrogens (tertiary/aromatic N) is 4. The van der Waals surface area contributed by atoms with Crippen molar-refractivity contribution in [3.63, 3.8) is 0 Å². The average Bonchev–Trinajstić information content (AvgIpc) is 3.46. The van der Waals surface area contributed by atoms with Crippen LogP contribution < -0.4 is 10.6 Å². The Morgan fingerprint density at radius 3 is 2.71 bits per heavy atom. The summed E-state index contributed by atoms with van der Waals surface area (Å²) in [6.07, 6.45) is 2.87. The van der Waals surface area contributed by atoms with Crippen molar-refractivity contribution in [3.05, 3.63) is 23.4 Å². The molecule has 0 saturated carbocycles. The number of fused-ring (bicyclic) bond motifs is 3. The molecular formula is C24H32N6O5. The Bertz CT molecular complexity index is 1070. The van der Waals surface area contributed by atoms with Gasteiger partial charge in [-0.3, -0.25) is 24.6 Å². The maximum atomic E-state index is 12.8. The summed E-state index contributed by atoms with van der Waals surface area (Å²) in [6.45, 7) is 9.00. The molecule has 4 aliphatic rings. The highest BCUT2D eigenvalue weighted by molar-refractivity contribution is 6.05. The minimum Gasteiger partial charge on any atom is -0.444 e. The number of imide groups is 1.